The molecule has 0 aliphatic heterocycles. The van der Waals surface area contributed by atoms with Crippen LogP contribution in [-0.2, 0) is 14.4 Å². The maximum atomic E-state index is 11.9. The molecule has 1 rings (SSSR count). The van der Waals surface area contributed by atoms with Gasteiger partial charge in [-0.2, -0.15) is 0 Å². The molecule has 0 bridgehead atoms. The molecule has 0 heterocycles. The molecule has 0 saturated heterocycles. The van der Waals surface area contributed by atoms with E-state index >= 15 is 0 Å². The Bertz CT molecular complexity index is 324. The fourth-order valence-corrected chi connectivity index (χ4v) is 2.21. The van der Waals surface area contributed by atoms with Gasteiger partial charge in [-0.05, 0) is 19.3 Å². The predicted octanol–water partition coefficient (Wildman–Crippen LogP) is 0.402. The highest BCUT2D eigenvalue weighted by molar-refractivity contribution is 5.87. The summed E-state index contributed by atoms with van der Waals surface area (Å²) in [6.45, 7) is 0. The molecule has 6 nitrogen and oxygen atoms in total. The predicted molar refractivity (Wildman–Crippen MR) is 64.6 cm³/mol. The van der Waals surface area contributed by atoms with Crippen LogP contribution < -0.4 is 11.1 Å². The van der Waals surface area contributed by atoms with Crippen LogP contribution in [-0.4, -0.2) is 28.9 Å². The quantitative estimate of drug-likeness (QED) is 0.639. The average molecular weight is 256 g/mol. The molecule has 4 N–H and O–H groups in total. The van der Waals surface area contributed by atoms with Crippen molar-refractivity contribution < 1.29 is 19.5 Å². The number of hydrogen-bond donors (Lipinski definition) is 3. The van der Waals surface area contributed by atoms with E-state index in [0.29, 0.717) is 0 Å². The number of primary amides is 1. The van der Waals surface area contributed by atoms with Crippen molar-refractivity contribution in [3.63, 3.8) is 0 Å². The van der Waals surface area contributed by atoms with E-state index in [2.05, 4.69) is 5.32 Å². The van der Waals surface area contributed by atoms with Crippen molar-refractivity contribution in [3.05, 3.63) is 0 Å². The van der Waals surface area contributed by atoms with Crippen molar-refractivity contribution in [1.82, 2.24) is 5.32 Å². The molecule has 1 aliphatic rings. The Balaban J connectivity index is 2.46. The zero-order chi connectivity index (χ0) is 13.5. The van der Waals surface area contributed by atoms with Crippen molar-refractivity contribution in [2.24, 2.45) is 11.7 Å². The van der Waals surface area contributed by atoms with Gasteiger partial charge in [0.05, 0.1) is 0 Å². The first-order chi connectivity index (χ1) is 8.50. The van der Waals surface area contributed by atoms with E-state index < -0.39 is 17.9 Å². The number of carboxylic acid groups (broad SMARTS) is 1. The number of hydrogen-bond acceptors (Lipinski definition) is 3. The second kappa shape index (κ2) is 6.98. The second-order valence-electron chi connectivity index (χ2n) is 4.73. The Morgan fingerprint density at radius 3 is 2.33 bits per heavy atom. The van der Waals surface area contributed by atoms with E-state index in [1.165, 1.54) is 0 Å². The molecule has 1 atom stereocenters. The van der Waals surface area contributed by atoms with Crippen LogP contribution >= 0.6 is 0 Å². The molecule has 0 aromatic rings. The van der Waals surface area contributed by atoms with Crippen molar-refractivity contribution in [2.45, 2.75) is 51.0 Å². The minimum absolute atomic E-state index is 0.0448. The Kier molecular flexibility index (Phi) is 5.61. The minimum Gasteiger partial charge on any atom is -0.481 e. The van der Waals surface area contributed by atoms with E-state index in [9.17, 15) is 14.4 Å². The van der Waals surface area contributed by atoms with Crippen LogP contribution in [0.15, 0.2) is 0 Å². The lowest BCUT2D eigenvalue weighted by atomic mass is 9.88. The highest BCUT2D eigenvalue weighted by Crippen LogP contribution is 2.23. The maximum absolute atomic E-state index is 11.9. The Morgan fingerprint density at radius 2 is 1.83 bits per heavy atom. The molecule has 0 aromatic carbocycles. The van der Waals surface area contributed by atoms with Gasteiger partial charge in [-0.1, -0.05) is 19.3 Å². The molecule has 1 saturated carbocycles. The molecule has 0 aromatic heterocycles. The van der Waals surface area contributed by atoms with Gasteiger partial charge in [-0.15, -0.1) is 0 Å². The van der Waals surface area contributed by atoms with Crippen LogP contribution in [0.3, 0.4) is 0 Å². The fourth-order valence-electron chi connectivity index (χ4n) is 2.21. The maximum Gasteiger partial charge on any atom is 0.303 e. The molecule has 2 amide bonds. The highest BCUT2D eigenvalue weighted by Gasteiger charge is 2.25. The molecule has 0 radical (unpaired) electrons. The number of carbonyl (C=O) groups excluding carboxylic acids is 2. The third-order valence-corrected chi connectivity index (χ3v) is 3.28. The van der Waals surface area contributed by atoms with Crippen molar-refractivity contribution in [3.8, 4) is 0 Å². The van der Waals surface area contributed by atoms with Crippen LogP contribution in [0.25, 0.3) is 0 Å². The van der Waals surface area contributed by atoms with Crippen LogP contribution in [0.5, 0.6) is 0 Å². The minimum atomic E-state index is -1.01. The third kappa shape index (κ3) is 4.73. The van der Waals surface area contributed by atoms with Crippen LogP contribution in [0.1, 0.15) is 44.9 Å². The number of amides is 2. The smallest absolute Gasteiger partial charge is 0.303 e. The summed E-state index contributed by atoms with van der Waals surface area (Å²) in [5.41, 5.74) is 5.15. The standard InChI is InChI=1S/C12H20N2O4/c13-11(17)9(6-7-10(15)16)14-12(18)8-4-2-1-3-5-8/h8-9H,1-7H2,(H2,13,17)(H,14,18)(H,15,16)/t9-/m0/s1. The molecule has 102 valence electrons. The Hall–Kier alpha value is -1.59. The van der Waals surface area contributed by atoms with E-state index in [-0.39, 0.29) is 24.7 Å². The Morgan fingerprint density at radius 1 is 1.22 bits per heavy atom. The molecule has 6 heteroatoms. The molecule has 1 aliphatic carbocycles. The summed E-state index contributed by atoms with van der Waals surface area (Å²) in [6.07, 6.45) is 4.71. The summed E-state index contributed by atoms with van der Waals surface area (Å²) in [5, 5.41) is 11.1. The molecule has 1 fully saturated rings. The first-order valence-electron chi connectivity index (χ1n) is 6.32. The number of rotatable bonds is 6. The lowest BCUT2D eigenvalue weighted by molar-refractivity contribution is -0.138. The lowest BCUT2D eigenvalue weighted by Crippen LogP contribution is -2.47. The monoisotopic (exact) mass is 256 g/mol. The van der Waals surface area contributed by atoms with Gasteiger partial charge in [0.2, 0.25) is 11.8 Å². The van der Waals surface area contributed by atoms with E-state index in [0.717, 1.165) is 32.1 Å². The SMILES string of the molecule is NC(=O)[C@H](CCC(=O)O)NC(=O)C1CCCCC1. The Labute approximate surface area is 106 Å². The van der Waals surface area contributed by atoms with Gasteiger partial charge < -0.3 is 16.2 Å². The van der Waals surface area contributed by atoms with Crippen molar-refractivity contribution >= 4 is 17.8 Å². The molecule has 0 spiro atoms. The summed E-state index contributed by atoms with van der Waals surface area (Å²) in [4.78, 5) is 33.5. The van der Waals surface area contributed by atoms with Crippen molar-refractivity contribution in [1.29, 1.82) is 0 Å². The largest absolute Gasteiger partial charge is 0.481 e. The first kappa shape index (κ1) is 14.5. The summed E-state index contributed by atoms with van der Waals surface area (Å²) < 4.78 is 0. The third-order valence-electron chi connectivity index (χ3n) is 3.28. The summed E-state index contributed by atoms with van der Waals surface area (Å²) in [5.74, 6) is -1.93. The highest BCUT2D eigenvalue weighted by atomic mass is 16.4. The van der Waals surface area contributed by atoms with Gasteiger partial charge in [0.1, 0.15) is 6.04 Å². The normalized spacial score (nSPS) is 18.0. The topological polar surface area (TPSA) is 109 Å². The van der Waals surface area contributed by atoms with Gasteiger partial charge in [0, 0.05) is 12.3 Å². The summed E-state index contributed by atoms with van der Waals surface area (Å²) in [6, 6.07) is -0.879. The van der Waals surface area contributed by atoms with Gasteiger partial charge >= 0.3 is 5.97 Å². The van der Waals surface area contributed by atoms with Crippen LogP contribution in [0, 0.1) is 5.92 Å². The van der Waals surface area contributed by atoms with Gasteiger partial charge in [0.15, 0.2) is 0 Å². The van der Waals surface area contributed by atoms with Gasteiger partial charge in [0.25, 0.3) is 0 Å². The van der Waals surface area contributed by atoms with E-state index in [1.54, 1.807) is 0 Å². The first-order valence-corrected chi connectivity index (χ1v) is 6.32. The number of aliphatic carboxylic acids is 1. The molecular formula is C12H20N2O4. The summed E-state index contributed by atoms with van der Waals surface area (Å²) in [7, 11) is 0. The molecule has 0 unspecified atom stereocenters. The average Bonchev–Trinajstić information content (AvgIpc) is 2.34. The number of carbonyl (C=O) groups is 3. The number of nitrogens with two attached hydrogens (primary N) is 1. The van der Waals surface area contributed by atoms with E-state index in [1.807, 2.05) is 0 Å². The number of nitrogens with one attached hydrogen (secondary N) is 1. The fraction of sp³-hybridized carbons (Fsp3) is 0.750. The molecule has 18 heavy (non-hydrogen) atoms. The van der Waals surface area contributed by atoms with Gasteiger partial charge in [-0.25, -0.2) is 0 Å². The zero-order valence-corrected chi connectivity index (χ0v) is 10.4. The zero-order valence-electron chi connectivity index (χ0n) is 10.4. The molecular weight excluding hydrogens is 236 g/mol. The lowest BCUT2D eigenvalue weighted by Gasteiger charge is -2.23. The van der Waals surface area contributed by atoms with Gasteiger partial charge in [-0.3, -0.25) is 14.4 Å². The van der Waals surface area contributed by atoms with Crippen molar-refractivity contribution in [2.75, 3.05) is 0 Å². The summed E-state index contributed by atoms with van der Waals surface area (Å²) >= 11 is 0. The van der Waals surface area contributed by atoms with Crippen LogP contribution in [0.4, 0.5) is 0 Å². The second-order valence-corrected chi connectivity index (χ2v) is 4.73. The number of carboxylic acids is 1. The van der Waals surface area contributed by atoms with E-state index in [4.69, 9.17) is 10.8 Å². The van der Waals surface area contributed by atoms with Crippen LogP contribution in [0.2, 0.25) is 0 Å².